The molecular formula is C28H46O5S. The average molecular weight is 495 g/mol. The van der Waals surface area contributed by atoms with Gasteiger partial charge in [-0.1, -0.05) is 27.7 Å². The monoisotopic (exact) mass is 494 g/mol. The molecule has 0 amide bonds. The molecule has 2 heterocycles. The van der Waals surface area contributed by atoms with Crippen LogP contribution in [0, 0.1) is 52.3 Å². The minimum Gasteiger partial charge on any atom is -0.349 e. The first kappa shape index (κ1) is 24.2. The number of hydrogen-bond donors (Lipinski definition) is 0. The lowest BCUT2D eigenvalue weighted by molar-refractivity contribution is -0.273. The molecule has 6 fully saturated rings. The quantitative estimate of drug-likeness (QED) is 0.456. The van der Waals surface area contributed by atoms with E-state index in [9.17, 15) is 8.42 Å². The summed E-state index contributed by atoms with van der Waals surface area (Å²) in [5, 5.41) is 0. The smallest absolute Gasteiger partial charge is 0.264 e. The van der Waals surface area contributed by atoms with Crippen molar-refractivity contribution in [2.45, 2.75) is 110 Å². The zero-order valence-corrected chi connectivity index (χ0v) is 22.7. The normalized spacial score (nSPS) is 57.0. The second-order valence-electron chi connectivity index (χ2n) is 13.9. The minimum absolute atomic E-state index is 0.118. The molecule has 194 valence electrons. The van der Waals surface area contributed by atoms with E-state index in [0.717, 1.165) is 50.0 Å². The maximum absolute atomic E-state index is 11.7. The van der Waals surface area contributed by atoms with Gasteiger partial charge >= 0.3 is 0 Å². The van der Waals surface area contributed by atoms with Crippen LogP contribution >= 0.6 is 0 Å². The third-order valence-corrected chi connectivity index (χ3v) is 12.8. The first-order valence-electron chi connectivity index (χ1n) is 14.2. The van der Waals surface area contributed by atoms with Gasteiger partial charge in [-0.25, -0.2) is 0 Å². The minimum atomic E-state index is -3.38. The Balaban J connectivity index is 1.20. The summed E-state index contributed by atoms with van der Waals surface area (Å²) in [6.07, 6.45) is 13.0. The van der Waals surface area contributed by atoms with E-state index >= 15 is 0 Å². The molecule has 4 saturated carbocycles. The summed E-state index contributed by atoms with van der Waals surface area (Å²) in [5.74, 6) is 4.32. The van der Waals surface area contributed by atoms with E-state index in [2.05, 4.69) is 27.7 Å². The molecule has 0 aromatic heterocycles. The molecule has 2 saturated heterocycles. The number of ether oxygens (including phenoxy) is 2. The van der Waals surface area contributed by atoms with Crippen molar-refractivity contribution in [1.29, 1.82) is 0 Å². The molecule has 2 aliphatic heterocycles. The van der Waals surface area contributed by atoms with Crippen molar-refractivity contribution in [3.8, 4) is 0 Å². The topological polar surface area (TPSA) is 61.8 Å². The Morgan fingerprint density at radius 2 is 1.65 bits per heavy atom. The maximum atomic E-state index is 11.7. The van der Waals surface area contributed by atoms with E-state index in [-0.39, 0.29) is 11.9 Å². The van der Waals surface area contributed by atoms with Crippen LogP contribution in [0.4, 0.5) is 0 Å². The van der Waals surface area contributed by atoms with Crippen molar-refractivity contribution in [3.63, 3.8) is 0 Å². The molecule has 4 aliphatic carbocycles. The average Bonchev–Trinajstić information content (AvgIpc) is 3.20. The Hall–Kier alpha value is -0.170. The van der Waals surface area contributed by atoms with Crippen LogP contribution in [0.25, 0.3) is 0 Å². The van der Waals surface area contributed by atoms with Crippen LogP contribution in [0.2, 0.25) is 0 Å². The van der Waals surface area contributed by atoms with Gasteiger partial charge in [0.05, 0.1) is 25.1 Å². The van der Waals surface area contributed by atoms with E-state index in [1.54, 1.807) is 0 Å². The fraction of sp³-hybridized carbons (Fsp3) is 1.00. The van der Waals surface area contributed by atoms with Crippen molar-refractivity contribution in [2.75, 3.05) is 12.9 Å². The summed E-state index contributed by atoms with van der Waals surface area (Å²) in [7, 11) is -3.38. The molecule has 0 radical (unpaired) electrons. The van der Waals surface area contributed by atoms with Crippen LogP contribution in [0.5, 0.6) is 0 Å². The highest BCUT2D eigenvalue weighted by molar-refractivity contribution is 7.86. The van der Waals surface area contributed by atoms with Gasteiger partial charge in [0.1, 0.15) is 0 Å². The van der Waals surface area contributed by atoms with E-state index < -0.39 is 10.1 Å². The Morgan fingerprint density at radius 1 is 0.882 bits per heavy atom. The van der Waals surface area contributed by atoms with Crippen LogP contribution < -0.4 is 0 Å². The lowest BCUT2D eigenvalue weighted by atomic mass is 9.44. The summed E-state index contributed by atoms with van der Waals surface area (Å²) < 4.78 is 42.3. The predicted octanol–water partition coefficient (Wildman–Crippen LogP) is 5.78. The largest absolute Gasteiger partial charge is 0.349 e. The van der Waals surface area contributed by atoms with Gasteiger partial charge in [0, 0.05) is 12.3 Å². The molecule has 6 heteroatoms. The Morgan fingerprint density at radius 3 is 2.35 bits per heavy atom. The van der Waals surface area contributed by atoms with Crippen molar-refractivity contribution in [1.82, 2.24) is 0 Å². The van der Waals surface area contributed by atoms with Crippen molar-refractivity contribution in [3.05, 3.63) is 0 Å². The number of fused-ring (bicyclic) bond motifs is 7. The van der Waals surface area contributed by atoms with Gasteiger partial charge in [0.25, 0.3) is 10.1 Å². The second kappa shape index (κ2) is 7.91. The molecule has 0 N–H and O–H groups in total. The van der Waals surface area contributed by atoms with Gasteiger partial charge in [-0.15, -0.1) is 0 Å². The third-order valence-electron chi connectivity index (χ3n) is 12.2. The first-order chi connectivity index (χ1) is 16.0. The van der Waals surface area contributed by atoms with E-state index in [4.69, 9.17) is 13.7 Å². The Bertz CT molecular complexity index is 910. The van der Waals surface area contributed by atoms with Gasteiger partial charge < -0.3 is 9.47 Å². The van der Waals surface area contributed by atoms with Crippen LogP contribution in [0.1, 0.15) is 91.9 Å². The standard InChI is InChI=1S/C28H46O5S/c1-17-8-13-28(31-16-17)18(2)25-24(32-28)15-23-21-7-6-19-14-20(33-34(5,29)30)9-11-26(19,3)22(21)10-12-27(23,25)4/h17-25H,6-16H2,1-5H3/t17-,18?,19?,20-,21?,22?,23?,24?,25?,26-,27-,28?/m0/s1. The lowest BCUT2D eigenvalue weighted by Crippen LogP contribution is -2.55. The number of rotatable bonds is 2. The maximum Gasteiger partial charge on any atom is 0.264 e. The van der Waals surface area contributed by atoms with Gasteiger partial charge in [-0.05, 0) is 104 Å². The van der Waals surface area contributed by atoms with Crippen LogP contribution in [-0.2, 0) is 23.8 Å². The van der Waals surface area contributed by atoms with Gasteiger partial charge in [0.15, 0.2) is 5.79 Å². The van der Waals surface area contributed by atoms with Crippen LogP contribution in [-0.4, -0.2) is 39.3 Å². The van der Waals surface area contributed by atoms with E-state index in [1.165, 1.54) is 44.8 Å². The van der Waals surface area contributed by atoms with E-state index in [1.807, 2.05) is 0 Å². The highest BCUT2D eigenvalue weighted by Gasteiger charge is 2.69. The van der Waals surface area contributed by atoms with Gasteiger partial charge in [-0.2, -0.15) is 8.42 Å². The Kier molecular flexibility index (Phi) is 5.63. The fourth-order valence-corrected chi connectivity index (χ4v) is 11.2. The Labute approximate surface area is 207 Å². The summed E-state index contributed by atoms with van der Waals surface area (Å²) in [5.41, 5.74) is 0.691. The molecule has 5 nitrogen and oxygen atoms in total. The SMILES string of the molecule is CC1C2C(CC3C4CCC5C[C@@H](OS(C)(=O)=O)CC[C@]5(C)C4CC[C@@]32C)OC12CC[C@H](C)CO2. The van der Waals surface area contributed by atoms with Crippen molar-refractivity contribution < 1.29 is 22.1 Å². The summed E-state index contributed by atoms with van der Waals surface area (Å²) in [4.78, 5) is 0. The molecule has 8 unspecified atom stereocenters. The molecule has 0 bridgehead atoms. The van der Waals surface area contributed by atoms with Crippen LogP contribution in [0.3, 0.4) is 0 Å². The molecule has 12 atom stereocenters. The third kappa shape index (κ3) is 3.51. The fourth-order valence-electron chi connectivity index (χ4n) is 10.6. The molecule has 6 rings (SSSR count). The van der Waals surface area contributed by atoms with E-state index in [0.29, 0.717) is 40.6 Å². The number of hydrogen-bond acceptors (Lipinski definition) is 5. The summed E-state index contributed by atoms with van der Waals surface area (Å²) in [6, 6.07) is 0. The molecule has 0 aromatic carbocycles. The van der Waals surface area contributed by atoms with Crippen LogP contribution in [0.15, 0.2) is 0 Å². The highest BCUT2D eigenvalue weighted by atomic mass is 32.2. The zero-order chi connectivity index (χ0) is 24.1. The summed E-state index contributed by atoms with van der Waals surface area (Å²) >= 11 is 0. The van der Waals surface area contributed by atoms with Crippen molar-refractivity contribution in [2.24, 2.45) is 52.3 Å². The van der Waals surface area contributed by atoms with Gasteiger partial charge in [0.2, 0.25) is 0 Å². The van der Waals surface area contributed by atoms with Crippen molar-refractivity contribution >= 4 is 10.1 Å². The lowest BCUT2D eigenvalue weighted by Gasteiger charge is -2.61. The second-order valence-corrected chi connectivity index (χ2v) is 15.5. The van der Waals surface area contributed by atoms with Gasteiger partial charge in [-0.3, -0.25) is 4.18 Å². The molecule has 0 aromatic rings. The summed E-state index contributed by atoms with van der Waals surface area (Å²) in [6.45, 7) is 10.7. The highest BCUT2D eigenvalue weighted by Crippen LogP contribution is 2.71. The zero-order valence-electron chi connectivity index (χ0n) is 21.9. The first-order valence-corrected chi connectivity index (χ1v) is 16.0. The molecule has 1 spiro atoms. The molecular weight excluding hydrogens is 448 g/mol. The molecule has 6 aliphatic rings. The molecule has 34 heavy (non-hydrogen) atoms. The predicted molar refractivity (Wildman–Crippen MR) is 131 cm³/mol.